The van der Waals surface area contributed by atoms with Crippen molar-refractivity contribution in [3.05, 3.63) is 45.2 Å². The summed E-state index contributed by atoms with van der Waals surface area (Å²) in [4.78, 5) is 0.908. The van der Waals surface area contributed by atoms with Crippen LogP contribution in [0.2, 0.25) is 5.02 Å². The Hall–Kier alpha value is -1.04. The minimum atomic E-state index is -0.421. The Balaban J connectivity index is 2.22. The number of rotatable bonds is 3. The maximum atomic E-state index is 13.3. The minimum absolute atomic E-state index is 0.137. The zero-order valence-corrected chi connectivity index (χ0v) is 10.7. The zero-order valence-electron chi connectivity index (χ0n) is 9.15. The predicted octanol–water partition coefficient (Wildman–Crippen LogP) is 2.88. The van der Waals surface area contributed by atoms with Crippen LogP contribution < -0.4 is 5.73 Å². The average Bonchev–Trinajstić information content (AvgIpc) is 2.71. The van der Waals surface area contributed by atoms with E-state index in [4.69, 9.17) is 17.3 Å². The van der Waals surface area contributed by atoms with Gasteiger partial charge < -0.3 is 5.73 Å². The normalized spacial score (nSPS) is 12.7. The van der Waals surface area contributed by atoms with Gasteiger partial charge in [-0.1, -0.05) is 28.2 Å². The standard InChI is InChI=1S/C11H11ClFN3S/c1-6-11(17-16-15-6)9(14)5-7-3-2-4-8(13)10(7)12/h2-4,9H,5,14H2,1H3. The Morgan fingerprint density at radius 1 is 1.53 bits per heavy atom. The molecule has 6 heteroatoms. The molecule has 90 valence electrons. The number of hydrogen-bond acceptors (Lipinski definition) is 4. The van der Waals surface area contributed by atoms with E-state index in [-0.39, 0.29) is 11.1 Å². The first-order chi connectivity index (χ1) is 8.09. The van der Waals surface area contributed by atoms with Crippen molar-refractivity contribution in [3.8, 4) is 0 Å². The van der Waals surface area contributed by atoms with E-state index in [0.717, 1.165) is 10.6 Å². The van der Waals surface area contributed by atoms with E-state index in [0.29, 0.717) is 12.0 Å². The van der Waals surface area contributed by atoms with Crippen molar-refractivity contribution < 1.29 is 4.39 Å². The highest BCUT2D eigenvalue weighted by atomic mass is 35.5. The molecule has 0 aliphatic carbocycles. The van der Waals surface area contributed by atoms with E-state index in [9.17, 15) is 4.39 Å². The molecule has 2 rings (SSSR count). The number of nitrogens with zero attached hydrogens (tertiary/aromatic N) is 2. The summed E-state index contributed by atoms with van der Waals surface area (Å²) in [7, 11) is 0. The third kappa shape index (κ3) is 2.62. The average molecular weight is 272 g/mol. The molecule has 1 aromatic carbocycles. The SMILES string of the molecule is Cc1nnsc1C(N)Cc1cccc(F)c1Cl. The number of hydrogen-bond donors (Lipinski definition) is 1. The molecule has 1 aromatic heterocycles. The fourth-order valence-electron chi connectivity index (χ4n) is 1.61. The van der Waals surface area contributed by atoms with E-state index in [2.05, 4.69) is 9.59 Å². The molecule has 3 nitrogen and oxygen atoms in total. The van der Waals surface area contributed by atoms with Gasteiger partial charge in [-0.05, 0) is 36.5 Å². The van der Waals surface area contributed by atoms with E-state index in [1.807, 2.05) is 6.92 Å². The molecule has 0 spiro atoms. The summed E-state index contributed by atoms with van der Waals surface area (Å²) in [6, 6.07) is 4.47. The summed E-state index contributed by atoms with van der Waals surface area (Å²) in [6.45, 7) is 1.85. The lowest BCUT2D eigenvalue weighted by Gasteiger charge is -2.11. The molecule has 0 fully saturated rings. The van der Waals surface area contributed by atoms with Crippen LogP contribution in [0.1, 0.15) is 22.2 Å². The Kier molecular flexibility index (Phi) is 3.71. The van der Waals surface area contributed by atoms with Gasteiger partial charge in [0.25, 0.3) is 0 Å². The molecule has 0 saturated carbocycles. The van der Waals surface area contributed by atoms with Crippen LogP contribution in [-0.4, -0.2) is 9.59 Å². The molecule has 1 heterocycles. The van der Waals surface area contributed by atoms with Gasteiger partial charge in [-0.25, -0.2) is 4.39 Å². The first kappa shape index (κ1) is 12.4. The van der Waals surface area contributed by atoms with Gasteiger partial charge in [0, 0.05) is 6.04 Å². The summed E-state index contributed by atoms with van der Waals surface area (Å²) < 4.78 is 17.1. The van der Waals surface area contributed by atoms with Gasteiger partial charge in [-0.2, -0.15) is 0 Å². The van der Waals surface area contributed by atoms with Crippen LogP contribution in [-0.2, 0) is 6.42 Å². The molecule has 0 aliphatic rings. The third-order valence-corrected chi connectivity index (χ3v) is 3.88. The lowest BCUT2D eigenvalue weighted by Crippen LogP contribution is -2.13. The van der Waals surface area contributed by atoms with Gasteiger partial charge in [0.15, 0.2) is 0 Å². The molecule has 0 radical (unpaired) electrons. The Labute approximate surface area is 108 Å². The van der Waals surface area contributed by atoms with Crippen LogP contribution in [0.25, 0.3) is 0 Å². The number of aryl methyl sites for hydroxylation is 1. The molecular formula is C11H11ClFN3S. The van der Waals surface area contributed by atoms with E-state index < -0.39 is 5.82 Å². The topological polar surface area (TPSA) is 51.8 Å². The zero-order chi connectivity index (χ0) is 12.4. The molecule has 17 heavy (non-hydrogen) atoms. The van der Waals surface area contributed by atoms with Gasteiger partial charge in [-0.3, -0.25) is 0 Å². The fourth-order valence-corrected chi connectivity index (χ4v) is 2.46. The summed E-state index contributed by atoms with van der Waals surface area (Å²) in [5.74, 6) is -0.421. The van der Waals surface area contributed by atoms with Crippen molar-refractivity contribution in [1.29, 1.82) is 0 Å². The molecule has 1 atom stereocenters. The predicted molar refractivity (Wildman–Crippen MR) is 66.7 cm³/mol. The van der Waals surface area contributed by atoms with Gasteiger partial charge in [0.05, 0.1) is 15.6 Å². The smallest absolute Gasteiger partial charge is 0.142 e. The summed E-state index contributed by atoms with van der Waals surface area (Å²) in [5.41, 5.74) is 7.56. The van der Waals surface area contributed by atoms with Crippen LogP contribution in [0.3, 0.4) is 0 Å². The fraction of sp³-hybridized carbons (Fsp3) is 0.273. The third-order valence-electron chi connectivity index (χ3n) is 2.49. The van der Waals surface area contributed by atoms with Crippen molar-refractivity contribution >= 4 is 23.1 Å². The van der Waals surface area contributed by atoms with Crippen LogP contribution in [0.4, 0.5) is 4.39 Å². The molecule has 0 bridgehead atoms. The summed E-state index contributed by atoms with van der Waals surface area (Å²) in [5, 5.41) is 4.04. The summed E-state index contributed by atoms with van der Waals surface area (Å²) in [6.07, 6.45) is 0.474. The van der Waals surface area contributed by atoms with Crippen molar-refractivity contribution in [2.75, 3.05) is 0 Å². The van der Waals surface area contributed by atoms with Crippen molar-refractivity contribution in [2.45, 2.75) is 19.4 Å². The lowest BCUT2D eigenvalue weighted by atomic mass is 10.0. The second-order valence-electron chi connectivity index (χ2n) is 3.75. The summed E-state index contributed by atoms with van der Waals surface area (Å²) >= 11 is 7.14. The highest BCUT2D eigenvalue weighted by Crippen LogP contribution is 2.26. The van der Waals surface area contributed by atoms with Crippen LogP contribution in [0, 0.1) is 12.7 Å². The first-order valence-corrected chi connectivity index (χ1v) is 6.22. The number of nitrogens with two attached hydrogens (primary N) is 1. The molecule has 0 amide bonds. The molecule has 2 aromatic rings. The monoisotopic (exact) mass is 271 g/mol. The Morgan fingerprint density at radius 3 is 2.94 bits per heavy atom. The second kappa shape index (κ2) is 5.08. The van der Waals surface area contributed by atoms with E-state index in [1.54, 1.807) is 12.1 Å². The van der Waals surface area contributed by atoms with Crippen molar-refractivity contribution in [2.24, 2.45) is 5.73 Å². The van der Waals surface area contributed by atoms with Crippen LogP contribution in [0.5, 0.6) is 0 Å². The first-order valence-electron chi connectivity index (χ1n) is 5.07. The van der Waals surface area contributed by atoms with Crippen LogP contribution in [0.15, 0.2) is 18.2 Å². The maximum Gasteiger partial charge on any atom is 0.142 e. The highest BCUT2D eigenvalue weighted by molar-refractivity contribution is 7.05. The molecular weight excluding hydrogens is 261 g/mol. The molecule has 0 saturated heterocycles. The number of benzene rings is 1. The Bertz CT molecular complexity index is 529. The number of aromatic nitrogens is 2. The lowest BCUT2D eigenvalue weighted by molar-refractivity contribution is 0.623. The quantitative estimate of drug-likeness (QED) is 0.934. The largest absolute Gasteiger partial charge is 0.323 e. The van der Waals surface area contributed by atoms with Crippen molar-refractivity contribution in [1.82, 2.24) is 9.59 Å². The van der Waals surface area contributed by atoms with E-state index in [1.165, 1.54) is 17.6 Å². The Morgan fingerprint density at radius 2 is 2.29 bits per heavy atom. The van der Waals surface area contributed by atoms with Crippen molar-refractivity contribution in [3.63, 3.8) is 0 Å². The minimum Gasteiger partial charge on any atom is -0.323 e. The van der Waals surface area contributed by atoms with Gasteiger partial charge in [0.1, 0.15) is 5.82 Å². The van der Waals surface area contributed by atoms with Gasteiger partial charge in [0.2, 0.25) is 0 Å². The number of halogens is 2. The molecule has 2 N–H and O–H groups in total. The van der Waals surface area contributed by atoms with Gasteiger partial charge >= 0.3 is 0 Å². The van der Waals surface area contributed by atoms with E-state index >= 15 is 0 Å². The van der Waals surface area contributed by atoms with Crippen LogP contribution >= 0.6 is 23.1 Å². The molecule has 0 aliphatic heterocycles. The molecule has 1 unspecified atom stereocenters. The highest BCUT2D eigenvalue weighted by Gasteiger charge is 2.16. The van der Waals surface area contributed by atoms with Gasteiger partial charge in [-0.15, -0.1) is 5.10 Å². The maximum absolute atomic E-state index is 13.3. The second-order valence-corrected chi connectivity index (χ2v) is 4.91.